The summed E-state index contributed by atoms with van der Waals surface area (Å²) >= 11 is 1.83. The molecule has 1 fully saturated rings. The Kier molecular flexibility index (Phi) is 4.59. The third kappa shape index (κ3) is 3.56. The predicted octanol–water partition coefficient (Wildman–Crippen LogP) is 1.62. The van der Waals surface area contributed by atoms with Crippen LogP contribution in [0.25, 0.3) is 0 Å². The summed E-state index contributed by atoms with van der Waals surface area (Å²) in [5.74, 6) is 1.52. The number of ether oxygens (including phenoxy) is 1. The van der Waals surface area contributed by atoms with Crippen LogP contribution in [0.15, 0.2) is 0 Å². The molecule has 0 amide bonds. The molecule has 0 bridgehead atoms. The summed E-state index contributed by atoms with van der Waals surface area (Å²) < 4.78 is 5.52. The van der Waals surface area contributed by atoms with E-state index < -0.39 is 5.97 Å². The molecule has 13 heavy (non-hydrogen) atoms. The van der Waals surface area contributed by atoms with Crippen LogP contribution in [0.5, 0.6) is 0 Å². The van der Waals surface area contributed by atoms with E-state index in [-0.39, 0.29) is 18.4 Å². The number of thioether (sulfide) groups is 1. The smallest absolute Gasteiger partial charge is 0.303 e. The van der Waals surface area contributed by atoms with Gasteiger partial charge in [-0.3, -0.25) is 4.79 Å². The van der Waals surface area contributed by atoms with Crippen molar-refractivity contribution in [3.63, 3.8) is 0 Å². The molecule has 3 nitrogen and oxygen atoms in total. The third-order valence-corrected chi connectivity index (χ3v) is 3.41. The monoisotopic (exact) mass is 204 g/mol. The van der Waals surface area contributed by atoms with Gasteiger partial charge in [0.15, 0.2) is 0 Å². The molecule has 2 atom stereocenters. The van der Waals surface area contributed by atoms with Crippen molar-refractivity contribution in [1.82, 2.24) is 0 Å². The summed E-state index contributed by atoms with van der Waals surface area (Å²) in [6.45, 7) is 2.64. The van der Waals surface area contributed by atoms with Crippen LogP contribution in [-0.2, 0) is 9.53 Å². The Morgan fingerprint density at radius 2 is 2.46 bits per heavy atom. The maximum atomic E-state index is 10.6. The highest BCUT2D eigenvalue weighted by Gasteiger charge is 2.27. The largest absolute Gasteiger partial charge is 0.481 e. The highest BCUT2D eigenvalue weighted by molar-refractivity contribution is 7.99. The Morgan fingerprint density at radius 3 is 3.08 bits per heavy atom. The number of rotatable bonds is 4. The summed E-state index contributed by atoms with van der Waals surface area (Å²) in [7, 11) is 0. The topological polar surface area (TPSA) is 46.5 Å². The molecule has 0 aromatic carbocycles. The van der Waals surface area contributed by atoms with Crippen molar-refractivity contribution in [2.45, 2.75) is 25.9 Å². The van der Waals surface area contributed by atoms with Gasteiger partial charge in [0, 0.05) is 12.5 Å². The van der Waals surface area contributed by atoms with Gasteiger partial charge in [-0.2, -0.15) is 11.8 Å². The van der Waals surface area contributed by atoms with Gasteiger partial charge in [-0.25, -0.2) is 0 Å². The number of carboxylic acids is 1. The van der Waals surface area contributed by atoms with E-state index in [0.717, 1.165) is 17.9 Å². The molecular weight excluding hydrogens is 188 g/mol. The van der Waals surface area contributed by atoms with Gasteiger partial charge in [0.05, 0.1) is 12.5 Å². The van der Waals surface area contributed by atoms with Crippen LogP contribution in [0.2, 0.25) is 0 Å². The molecule has 1 saturated heterocycles. The van der Waals surface area contributed by atoms with Crippen LogP contribution >= 0.6 is 11.8 Å². The average Bonchev–Trinajstić information content (AvgIpc) is 2.08. The third-order valence-electron chi connectivity index (χ3n) is 2.22. The lowest BCUT2D eigenvalue weighted by Crippen LogP contribution is -2.32. The number of hydrogen-bond acceptors (Lipinski definition) is 3. The second kappa shape index (κ2) is 5.50. The van der Waals surface area contributed by atoms with Gasteiger partial charge in [0.1, 0.15) is 0 Å². The molecule has 0 aliphatic carbocycles. The molecule has 0 radical (unpaired) electrons. The minimum Gasteiger partial charge on any atom is -0.481 e. The molecule has 4 heteroatoms. The van der Waals surface area contributed by atoms with Crippen LogP contribution in [0, 0.1) is 5.92 Å². The lowest BCUT2D eigenvalue weighted by atomic mass is 9.98. The first-order valence-corrected chi connectivity index (χ1v) is 5.80. The van der Waals surface area contributed by atoms with Crippen molar-refractivity contribution in [3.05, 3.63) is 0 Å². The van der Waals surface area contributed by atoms with E-state index in [9.17, 15) is 4.79 Å². The van der Waals surface area contributed by atoms with Crippen LogP contribution in [0.1, 0.15) is 19.8 Å². The Balaban J connectivity index is 2.41. The fourth-order valence-electron chi connectivity index (χ4n) is 1.63. The molecule has 1 N–H and O–H groups in total. The standard InChI is InChI=1S/C9H16O3S/c1-2-12-8-3-4-13-6-7(8)5-9(10)11/h7-8H,2-6H2,1H3,(H,10,11). The Labute approximate surface area is 82.8 Å². The molecule has 0 aromatic rings. The number of carboxylic acid groups (broad SMARTS) is 1. The first-order chi connectivity index (χ1) is 6.24. The van der Waals surface area contributed by atoms with E-state index >= 15 is 0 Å². The molecule has 76 valence electrons. The molecule has 1 rings (SSSR count). The van der Waals surface area contributed by atoms with E-state index in [4.69, 9.17) is 9.84 Å². The Bertz CT molecular complexity index is 170. The quantitative estimate of drug-likeness (QED) is 0.756. The lowest BCUT2D eigenvalue weighted by molar-refractivity contribution is -0.139. The fraction of sp³-hybridized carbons (Fsp3) is 0.889. The first-order valence-electron chi connectivity index (χ1n) is 4.65. The van der Waals surface area contributed by atoms with Gasteiger partial charge in [-0.1, -0.05) is 0 Å². The van der Waals surface area contributed by atoms with Crippen molar-refractivity contribution >= 4 is 17.7 Å². The maximum Gasteiger partial charge on any atom is 0.303 e. The van der Waals surface area contributed by atoms with Crippen molar-refractivity contribution in [1.29, 1.82) is 0 Å². The van der Waals surface area contributed by atoms with Crippen molar-refractivity contribution < 1.29 is 14.6 Å². The van der Waals surface area contributed by atoms with Crippen LogP contribution in [-0.4, -0.2) is 35.3 Å². The predicted molar refractivity (Wildman–Crippen MR) is 53.1 cm³/mol. The van der Waals surface area contributed by atoms with Crippen LogP contribution in [0.4, 0.5) is 0 Å². The highest BCUT2D eigenvalue weighted by atomic mass is 32.2. The fourth-order valence-corrected chi connectivity index (χ4v) is 2.83. The molecular formula is C9H16O3S. The van der Waals surface area contributed by atoms with Gasteiger partial charge < -0.3 is 9.84 Å². The number of carbonyl (C=O) groups is 1. The molecule has 2 unspecified atom stereocenters. The first kappa shape index (κ1) is 10.9. The second-order valence-electron chi connectivity index (χ2n) is 3.22. The lowest BCUT2D eigenvalue weighted by Gasteiger charge is -2.29. The van der Waals surface area contributed by atoms with Gasteiger partial charge in [0.25, 0.3) is 0 Å². The van der Waals surface area contributed by atoms with E-state index in [1.54, 1.807) is 0 Å². The Hall–Kier alpha value is -0.220. The minimum absolute atomic E-state index is 0.169. The zero-order valence-corrected chi connectivity index (χ0v) is 8.68. The van der Waals surface area contributed by atoms with Crippen molar-refractivity contribution in [2.75, 3.05) is 18.1 Å². The molecule has 1 aliphatic rings. The average molecular weight is 204 g/mol. The van der Waals surface area contributed by atoms with Crippen LogP contribution in [0.3, 0.4) is 0 Å². The summed E-state index contributed by atoms with van der Waals surface area (Å²) in [5.41, 5.74) is 0. The van der Waals surface area contributed by atoms with E-state index in [2.05, 4.69) is 0 Å². The Morgan fingerprint density at radius 1 is 1.69 bits per heavy atom. The normalized spacial score (nSPS) is 28.7. The summed E-state index contributed by atoms with van der Waals surface area (Å²) in [5, 5.41) is 8.69. The molecule has 0 saturated carbocycles. The second-order valence-corrected chi connectivity index (χ2v) is 4.37. The zero-order valence-electron chi connectivity index (χ0n) is 7.86. The summed E-state index contributed by atoms with van der Waals surface area (Å²) in [6, 6.07) is 0. The maximum absolute atomic E-state index is 10.6. The van der Waals surface area contributed by atoms with Crippen molar-refractivity contribution in [3.8, 4) is 0 Å². The van der Waals surface area contributed by atoms with Crippen LogP contribution < -0.4 is 0 Å². The molecule has 1 heterocycles. The van der Waals surface area contributed by atoms with Gasteiger partial charge in [-0.05, 0) is 24.9 Å². The molecule has 0 spiro atoms. The van der Waals surface area contributed by atoms with Crippen molar-refractivity contribution in [2.24, 2.45) is 5.92 Å². The summed E-state index contributed by atoms with van der Waals surface area (Å²) in [6.07, 6.45) is 1.41. The summed E-state index contributed by atoms with van der Waals surface area (Å²) in [4.78, 5) is 10.6. The van der Waals surface area contributed by atoms with E-state index in [1.165, 1.54) is 0 Å². The minimum atomic E-state index is -0.711. The highest BCUT2D eigenvalue weighted by Crippen LogP contribution is 2.27. The SMILES string of the molecule is CCOC1CCSCC1CC(=O)O. The number of hydrogen-bond donors (Lipinski definition) is 1. The molecule has 0 aromatic heterocycles. The van der Waals surface area contributed by atoms with Gasteiger partial charge in [0.2, 0.25) is 0 Å². The molecule has 1 aliphatic heterocycles. The van der Waals surface area contributed by atoms with Gasteiger partial charge in [-0.15, -0.1) is 0 Å². The van der Waals surface area contributed by atoms with Gasteiger partial charge >= 0.3 is 5.97 Å². The number of aliphatic carboxylic acids is 1. The van der Waals surface area contributed by atoms with E-state index in [0.29, 0.717) is 6.61 Å². The van der Waals surface area contributed by atoms with E-state index in [1.807, 2.05) is 18.7 Å². The zero-order chi connectivity index (χ0) is 9.68.